The third-order valence-corrected chi connectivity index (χ3v) is 4.26. The van der Waals surface area contributed by atoms with Crippen molar-refractivity contribution in [2.45, 2.75) is 38.3 Å². The smallest absolute Gasteiger partial charge is 0.387 e. The quantitative estimate of drug-likeness (QED) is 0.746. The Morgan fingerprint density at radius 1 is 1.19 bits per heavy atom. The summed E-state index contributed by atoms with van der Waals surface area (Å²) in [5, 5.41) is 6.94. The zero-order chi connectivity index (χ0) is 19.2. The summed E-state index contributed by atoms with van der Waals surface area (Å²) in [5.41, 5.74) is 0.125. The van der Waals surface area contributed by atoms with Crippen LogP contribution in [0.25, 0.3) is 0 Å². The summed E-state index contributed by atoms with van der Waals surface area (Å²) in [5.74, 6) is -0.727. The van der Waals surface area contributed by atoms with Gasteiger partial charge in [-0.1, -0.05) is 12.8 Å². The molecule has 27 heavy (non-hydrogen) atoms. The number of benzene rings is 1. The summed E-state index contributed by atoms with van der Waals surface area (Å²) in [7, 11) is 0. The third kappa shape index (κ3) is 5.02. The number of ether oxygens (including phenoxy) is 2. The molecule has 0 spiro atoms. The first-order chi connectivity index (χ1) is 13.0. The monoisotopic (exact) mass is 379 g/mol. The predicted octanol–water partition coefficient (Wildman–Crippen LogP) is 3.40. The Kier molecular flexibility index (Phi) is 6.00. The molecule has 7 nitrogen and oxygen atoms in total. The third-order valence-electron chi connectivity index (χ3n) is 4.26. The second-order valence-electron chi connectivity index (χ2n) is 6.13. The van der Waals surface area contributed by atoms with Gasteiger partial charge in [0.25, 0.3) is 5.91 Å². The molecule has 0 bridgehead atoms. The van der Waals surface area contributed by atoms with Gasteiger partial charge >= 0.3 is 12.6 Å². The van der Waals surface area contributed by atoms with E-state index < -0.39 is 25.1 Å². The summed E-state index contributed by atoms with van der Waals surface area (Å²) in [6.45, 7) is -3.41. The normalized spacial score (nSPS) is 14.3. The first kappa shape index (κ1) is 18.8. The fourth-order valence-electron chi connectivity index (χ4n) is 3.02. The number of hydrogen-bond acceptors (Lipinski definition) is 5. The number of anilines is 1. The summed E-state index contributed by atoms with van der Waals surface area (Å²) in [6.07, 6.45) is 5.92. The minimum atomic E-state index is -2.94. The van der Waals surface area contributed by atoms with Crippen LogP contribution in [0.15, 0.2) is 36.5 Å². The molecule has 1 aliphatic rings. The van der Waals surface area contributed by atoms with Crippen molar-refractivity contribution in [2.24, 2.45) is 0 Å². The predicted molar refractivity (Wildman–Crippen MR) is 91.7 cm³/mol. The van der Waals surface area contributed by atoms with Gasteiger partial charge in [0.05, 0.1) is 17.8 Å². The van der Waals surface area contributed by atoms with Gasteiger partial charge in [0.1, 0.15) is 11.6 Å². The molecule has 144 valence electrons. The van der Waals surface area contributed by atoms with E-state index in [1.54, 1.807) is 16.9 Å². The second-order valence-corrected chi connectivity index (χ2v) is 6.13. The lowest BCUT2D eigenvalue weighted by atomic mass is 10.2. The van der Waals surface area contributed by atoms with Crippen LogP contribution < -0.4 is 10.1 Å². The number of halogens is 2. The number of esters is 1. The number of rotatable bonds is 7. The average molecular weight is 379 g/mol. The maximum atomic E-state index is 12.1. The van der Waals surface area contributed by atoms with Crippen LogP contribution in [0.4, 0.5) is 14.6 Å². The van der Waals surface area contributed by atoms with Crippen LogP contribution >= 0.6 is 0 Å². The number of carbonyl (C=O) groups is 2. The number of hydrogen-bond donors (Lipinski definition) is 1. The lowest BCUT2D eigenvalue weighted by molar-refractivity contribution is -0.119. The Bertz CT molecular complexity index is 786. The number of alkyl halides is 2. The van der Waals surface area contributed by atoms with Crippen LogP contribution in [0.5, 0.6) is 5.75 Å². The van der Waals surface area contributed by atoms with E-state index >= 15 is 0 Å². The van der Waals surface area contributed by atoms with Crippen molar-refractivity contribution in [3.8, 4) is 5.75 Å². The average Bonchev–Trinajstić information content (AvgIpc) is 3.31. The van der Waals surface area contributed by atoms with Gasteiger partial charge < -0.3 is 14.8 Å². The molecule has 1 aromatic heterocycles. The number of amides is 1. The van der Waals surface area contributed by atoms with E-state index in [-0.39, 0.29) is 17.4 Å². The van der Waals surface area contributed by atoms with Crippen molar-refractivity contribution in [2.75, 3.05) is 11.9 Å². The standard InChI is InChI=1S/C18H19F2N3O4/c19-18(20)27-14-7-5-12(6-8-14)17(25)26-11-16(24)22-15-9-10-21-23(15)13-3-1-2-4-13/h5-10,13,18H,1-4,11H2,(H,22,24). The van der Waals surface area contributed by atoms with E-state index in [0.717, 1.165) is 25.7 Å². The van der Waals surface area contributed by atoms with Gasteiger partial charge in [-0.3, -0.25) is 4.79 Å². The fourth-order valence-corrected chi connectivity index (χ4v) is 3.02. The Labute approximate surface area is 154 Å². The highest BCUT2D eigenvalue weighted by Gasteiger charge is 2.21. The molecule has 3 rings (SSSR count). The van der Waals surface area contributed by atoms with Crippen molar-refractivity contribution in [1.29, 1.82) is 0 Å². The molecule has 9 heteroatoms. The van der Waals surface area contributed by atoms with Crippen molar-refractivity contribution < 1.29 is 27.8 Å². The van der Waals surface area contributed by atoms with Crippen molar-refractivity contribution >= 4 is 17.7 Å². The number of nitrogens with zero attached hydrogens (tertiary/aromatic N) is 2. The molecule has 0 unspecified atom stereocenters. The lowest BCUT2D eigenvalue weighted by Gasteiger charge is -2.14. The largest absolute Gasteiger partial charge is 0.452 e. The summed E-state index contributed by atoms with van der Waals surface area (Å²) >= 11 is 0. The van der Waals surface area contributed by atoms with Gasteiger partial charge in [-0.25, -0.2) is 9.48 Å². The molecule has 0 aliphatic heterocycles. The van der Waals surface area contributed by atoms with Gasteiger partial charge in [-0.15, -0.1) is 0 Å². The zero-order valence-electron chi connectivity index (χ0n) is 14.4. The van der Waals surface area contributed by atoms with Crippen molar-refractivity contribution in [3.05, 3.63) is 42.1 Å². The molecule has 0 saturated heterocycles. The molecule has 1 fully saturated rings. The van der Waals surface area contributed by atoms with E-state index in [1.807, 2.05) is 0 Å². The highest BCUT2D eigenvalue weighted by molar-refractivity contribution is 5.95. The lowest BCUT2D eigenvalue weighted by Crippen LogP contribution is -2.23. The molecule has 1 N–H and O–H groups in total. The fraction of sp³-hybridized carbons (Fsp3) is 0.389. The summed E-state index contributed by atoms with van der Waals surface area (Å²) in [4.78, 5) is 24.0. The maximum Gasteiger partial charge on any atom is 0.387 e. The van der Waals surface area contributed by atoms with Crippen LogP contribution in [0.1, 0.15) is 42.1 Å². The van der Waals surface area contributed by atoms with Crippen LogP contribution in [0, 0.1) is 0 Å². The molecule has 0 atom stereocenters. The molecule has 1 amide bonds. The van der Waals surface area contributed by atoms with Gasteiger partial charge in [-0.05, 0) is 37.1 Å². The van der Waals surface area contributed by atoms with Gasteiger partial charge in [0.15, 0.2) is 6.61 Å². The molecular weight excluding hydrogens is 360 g/mol. The molecular formula is C18H19F2N3O4. The maximum absolute atomic E-state index is 12.1. The highest BCUT2D eigenvalue weighted by Crippen LogP contribution is 2.31. The molecule has 0 radical (unpaired) electrons. The Morgan fingerprint density at radius 2 is 1.89 bits per heavy atom. The topological polar surface area (TPSA) is 82.5 Å². The van der Waals surface area contributed by atoms with Crippen molar-refractivity contribution in [3.63, 3.8) is 0 Å². The minimum absolute atomic E-state index is 0.0699. The summed E-state index contributed by atoms with van der Waals surface area (Å²) in [6, 6.07) is 6.98. The van der Waals surface area contributed by atoms with Gasteiger partial charge in [-0.2, -0.15) is 13.9 Å². The highest BCUT2D eigenvalue weighted by atomic mass is 19.3. The molecule has 1 saturated carbocycles. The number of aromatic nitrogens is 2. The Morgan fingerprint density at radius 3 is 2.56 bits per heavy atom. The van der Waals surface area contributed by atoms with Gasteiger partial charge in [0, 0.05) is 6.07 Å². The van der Waals surface area contributed by atoms with Crippen LogP contribution in [0.3, 0.4) is 0 Å². The Hall–Kier alpha value is -2.97. The van der Waals surface area contributed by atoms with Crippen LogP contribution in [-0.4, -0.2) is 34.9 Å². The molecule has 1 aliphatic carbocycles. The minimum Gasteiger partial charge on any atom is -0.452 e. The molecule has 1 aromatic carbocycles. The van der Waals surface area contributed by atoms with Gasteiger partial charge in [0.2, 0.25) is 0 Å². The Balaban J connectivity index is 1.50. The first-order valence-electron chi connectivity index (χ1n) is 8.58. The summed E-state index contributed by atoms with van der Waals surface area (Å²) < 4.78 is 35.2. The van der Waals surface area contributed by atoms with Crippen molar-refractivity contribution in [1.82, 2.24) is 9.78 Å². The number of nitrogens with one attached hydrogen (secondary N) is 1. The van der Waals surface area contributed by atoms with E-state index in [0.29, 0.717) is 5.82 Å². The van der Waals surface area contributed by atoms with E-state index in [9.17, 15) is 18.4 Å². The van der Waals surface area contributed by atoms with Crippen LogP contribution in [0.2, 0.25) is 0 Å². The van der Waals surface area contributed by atoms with Crippen LogP contribution in [-0.2, 0) is 9.53 Å². The van der Waals surface area contributed by atoms with E-state index in [2.05, 4.69) is 15.2 Å². The molecule has 1 heterocycles. The number of carbonyl (C=O) groups excluding carboxylic acids is 2. The zero-order valence-corrected chi connectivity index (χ0v) is 14.4. The van der Waals surface area contributed by atoms with E-state index in [1.165, 1.54) is 24.3 Å². The molecule has 2 aromatic rings. The second kappa shape index (κ2) is 8.61. The van der Waals surface area contributed by atoms with E-state index in [4.69, 9.17) is 4.74 Å². The first-order valence-corrected chi connectivity index (χ1v) is 8.58. The SMILES string of the molecule is O=C(COC(=O)c1ccc(OC(F)F)cc1)Nc1ccnn1C1CCCC1.